The number of rotatable bonds is 4. The van der Waals surface area contributed by atoms with Gasteiger partial charge in [-0.1, -0.05) is 6.42 Å². The highest BCUT2D eigenvalue weighted by molar-refractivity contribution is 5.12. The largest absolute Gasteiger partial charge is 0.345 e. The molecule has 0 amide bonds. The summed E-state index contributed by atoms with van der Waals surface area (Å²) < 4.78 is 0. The number of aryl methyl sites for hydroxylation is 2. The third kappa shape index (κ3) is 2.40. The van der Waals surface area contributed by atoms with Gasteiger partial charge in [-0.05, 0) is 46.1 Å². The second-order valence-electron chi connectivity index (χ2n) is 4.76. The van der Waals surface area contributed by atoms with Gasteiger partial charge in [-0.15, -0.1) is 0 Å². The van der Waals surface area contributed by atoms with Gasteiger partial charge in [0.2, 0.25) is 0 Å². The third-order valence-electron chi connectivity index (χ3n) is 3.49. The van der Waals surface area contributed by atoms with Crippen LogP contribution in [0.5, 0.6) is 0 Å². The fraction of sp³-hybridized carbons (Fsp3) is 0.750. The average molecular weight is 207 g/mol. The lowest BCUT2D eigenvalue weighted by molar-refractivity contribution is 0.291. The van der Waals surface area contributed by atoms with E-state index in [1.54, 1.807) is 0 Å². The highest BCUT2D eigenvalue weighted by atomic mass is 15.0. The average Bonchev–Trinajstić information content (AvgIpc) is 2.44. The maximum atomic E-state index is 4.51. The minimum absolute atomic E-state index is 0.345. The van der Waals surface area contributed by atoms with Crippen molar-refractivity contribution in [3.05, 3.63) is 17.2 Å². The van der Waals surface area contributed by atoms with Crippen molar-refractivity contribution >= 4 is 0 Å². The molecule has 1 unspecified atom stereocenters. The van der Waals surface area contributed by atoms with Crippen LogP contribution in [0.2, 0.25) is 0 Å². The normalized spacial score (nSPS) is 18.9. The van der Waals surface area contributed by atoms with Crippen LogP contribution < -0.4 is 5.32 Å². The number of nitrogens with one attached hydrogen (secondary N) is 2. The first-order valence-corrected chi connectivity index (χ1v) is 5.93. The van der Waals surface area contributed by atoms with Crippen molar-refractivity contribution in [3.63, 3.8) is 0 Å². The number of hydrogen-bond donors (Lipinski definition) is 2. The lowest BCUT2D eigenvalue weighted by Crippen LogP contribution is -2.29. The number of aromatic nitrogens is 2. The van der Waals surface area contributed by atoms with E-state index in [1.165, 1.54) is 25.0 Å². The van der Waals surface area contributed by atoms with E-state index >= 15 is 0 Å². The van der Waals surface area contributed by atoms with Gasteiger partial charge in [0, 0.05) is 5.69 Å². The summed E-state index contributed by atoms with van der Waals surface area (Å²) in [7, 11) is 0. The van der Waals surface area contributed by atoms with Crippen LogP contribution >= 0.6 is 0 Å². The molecule has 1 aromatic heterocycles. The highest BCUT2D eigenvalue weighted by Gasteiger charge is 2.18. The quantitative estimate of drug-likeness (QED) is 0.796. The number of imidazole rings is 1. The van der Waals surface area contributed by atoms with Gasteiger partial charge in [0.1, 0.15) is 5.82 Å². The number of nitrogens with zero attached hydrogens (tertiary/aromatic N) is 1. The Morgan fingerprint density at radius 1 is 1.47 bits per heavy atom. The summed E-state index contributed by atoms with van der Waals surface area (Å²) in [5.41, 5.74) is 2.30. The monoisotopic (exact) mass is 207 g/mol. The summed E-state index contributed by atoms with van der Waals surface area (Å²) >= 11 is 0. The molecule has 1 heterocycles. The predicted molar refractivity (Wildman–Crippen MR) is 61.8 cm³/mol. The van der Waals surface area contributed by atoms with E-state index in [1.807, 2.05) is 6.92 Å². The molecule has 0 radical (unpaired) electrons. The molecule has 0 aromatic carbocycles. The standard InChI is InChI=1S/C12H21N3/c1-8-9(2)15-12(14-8)10(3)13-7-11-5-4-6-11/h10-11,13H,4-7H2,1-3H3,(H,14,15). The molecule has 0 spiro atoms. The fourth-order valence-corrected chi connectivity index (χ4v) is 1.92. The molecule has 1 aliphatic carbocycles. The molecule has 0 bridgehead atoms. The van der Waals surface area contributed by atoms with Crippen LogP contribution in [0.25, 0.3) is 0 Å². The molecule has 15 heavy (non-hydrogen) atoms. The number of hydrogen-bond acceptors (Lipinski definition) is 2. The summed E-state index contributed by atoms with van der Waals surface area (Å²) in [6, 6.07) is 0.345. The van der Waals surface area contributed by atoms with Gasteiger partial charge in [-0.3, -0.25) is 0 Å². The molecule has 3 heteroatoms. The first-order valence-electron chi connectivity index (χ1n) is 5.93. The van der Waals surface area contributed by atoms with E-state index in [2.05, 4.69) is 29.1 Å². The molecule has 1 atom stereocenters. The van der Waals surface area contributed by atoms with E-state index in [9.17, 15) is 0 Å². The van der Waals surface area contributed by atoms with Gasteiger partial charge in [0.05, 0.1) is 11.7 Å². The SMILES string of the molecule is Cc1nc(C(C)NCC2CCC2)[nH]c1C. The summed E-state index contributed by atoms with van der Waals surface area (Å²) in [5, 5.41) is 3.55. The van der Waals surface area contributed by atoms with E-state index in [4.69, 9.17) is 0 Å². The second-order valence-corrected chi connectivity index (χ2v) is 4.76. The van der Waals surface area contributed by atoms with Gasteiger partial charge in [0.25, 0.3) is 0 Å². The van der Waals surface area contributed by atoms with Gasteiger partial charge < -0.3 is 10.3 Å². The minimum Gasteiger partial charge on any atom is -0.345 e. The molecular formula is C12H21N3. The Bertz CT molecular complexity index is 306. The van der Waals surface area contributed by atoms with Crippen LogP contribution in [0, 0.1) is 19.8 Å². The number of H-pyrrole nitrogens is 1. The maximum absolute atomic E-state index is 4.51. The zero-order valence-corrected chi connectivity index (χ0v) is 9.93. The summed E-state index contributed by atoms with van der Waals surface area (Å²) in [4.78, 5) is 7.84. The Morgan fingerprint density at radius 3 is 2.67 bits per heavy atom. The van der Waals surface area contributed by atoms with Crippen molar-refractivity contribution in [2.75, 3.05) is 6.54 Å². The van der Waals surface area contributed by atoms with Crippen molar-refractivity contribution < 1.29 is 0 Å². The van der Waals surface area contributed by atoms with Crippen LogP contribution in [-0.2, 0) is 0 Å². The van der Waals surface area contributed by atoms with Crippen LogP contribution in [0.4, 0.5) is 0 Å². The molecule has 2 rings (SSSR count). The molecule has 2 N–H and O–H groups in total. The Hall–Kier alpha value is -0.830. The van der Waals surface area contributed by atoms with E-state index in [0.717, 1.165) is 24.0 Å². The lowest BCUT2D eigenvalue weighted by atomic mass is 9.85. The second kappa shape index (κ2) is 4.35. The van der Waals surface area contributed by atoms with Gasteiger partial charge in [0.15, 0.2) is 0 Å². The Balaban J connectivity index is 1.86. The highest BCUT2D eigenvalue weighted by Crippen LogP contribution is 2.26. The van der Waals surface area contributed by atoms with Crippen molar-refractivity contribution in [2.24, 2.45) is 5.92 Å². The predicted octanol–water partition coefficient (Wildman–Crippen LogP) is 2.48. The van der Waals surface area contributed by atoms with Crippen molar-refractivity contribution in [2.45, 2.75) is 46.1 Å². The first-order chi connectivity index (χ1) is 7.16. The van der Waals surface area contributed by atoms with Gasteiger partial charge in [-0.25, -0.2) is 4.98 Å². The van der Waals surface area contributed by atoms with E-state index in [-0.39, 0.29) is 0 Å². The molecule has 84 valence electrons. The maximum Gasteiger partial charge on any atom is 0.123 e. The summed E-state index contributed by atoms with van der Waals surface area (Å²) in [6.07, 6.45) is 4.21. The Labute approximate surface area is 91.7 Å². The topological polar surface area (TPSA) is 40.7 Å². The minimum atomic E-state index is 0.345. The van der Waals surface area contributed by atoms with E-state index in [0.29, 0.717) is 6.04 Å². The zero-order valence-electron chi connectivity index (χ0n) is 9.93. The molecule has 1 saturated carbocycles. The van der Waals surface area contributed by atoms with Crippen LogP contribution in [-0.4, -0.2) is 16.5 Å². The molecule has 1 aliphatic rings. The first kappa shape index (κ1) is 10.7. The molecule has 3 nitrogen and oxygen atoms in total. The third-order valence-corrected chi connectivity index (χ3v) is 3.49. The lowest BCUT2D eigenvalue weighted by Gasteiger charge is -2.26. The number of aromatic amines is 1. The van der Waals surface area contributed by atoms with Gasteiger partial charge >= 0.3 is 0 Å². The van der Waals surface area contributed by atoms with Crippen molar-refractivity contribution in [1.29, 1.82) is 0 Å². The van der Waals surface area contributed by atoms with Crippen LogP contribution in [0.15, 0.2) is 0 Å². The summed E-state index contributed by atoms with van der Waals surface area (Å²) in [5.74, 6) is 1.98. The van der Waals surface area contributed by atoms with E-state index < -0.39 is 0 Å². The summed E-state index contributed by atoms with van der Waals surface area (Å²) in [6.45, 7) is 7.44. The Morgan fingerprint density at radius 2 is 2.20 bits per heavy atom. The van der Waals surface area contributed by atoms with Crippen LogP contribution in [0.1, 0.15) is 49.4 Å². The Kier molecular flexibility index (Phi) is 3.10. The van der Waals surface area contributed by atoms with Crippen LogP contribution in [0.3, 0.4) is 0 Å². The molecule has 1 fully saturated rings. The van der Waals surface area contributed by atoms with Crippen molar-refractivity contribution in [3.8, 4) is 0 Å². The molecule has 0 aliphatic heterocycles. The van der Waals surface area contributed by atoms with Crippen molar-refractivity contribution in [1.82, 2.24) is 15.3 Å². The fourth-order valence-electron chi connectivity index (χ4n) is 1.92. The molecule has 0 saturated heterocycles. The zero-order chi connectivity index (χ0) is 10.8. The molecule has 1 aromatic rings. The smallest absolute Gasteiger partial charge is 0.123 e. The van der Waals surface area contributed by atoms with Gasteiger partial charge in [-0.2, -0.15) is 0 Å². The molecular weight excluding hydrogens is 186 g/mol.